The summed E-state index contributed by atoms with van der Waals surface area (Å²) in [6.07, 6.45) is 2.31. The molecule has 1 heterocycles. The summed E-state index contributed by atoms with van der Waals surface area (Å²) in [5.74, 6) is 0.798. The number of hydrogen-bond donors (Lipinski definition) is 1. The Morgan fingerprint density at radius 1 is 1.37 bits per heavy atom. The maximum absolute atomic E-state index is 11.4. The van der Waals surface area contributed by atoms with Crippen LogP contribution in [-0.4, -0.2) is 39.4 Å². The summed E-state index contributed by atoms with van der Waals surface area (Å²) in [6, 6.07) is 5.43. The normalized spacial score (nSPS) is 18.1. The minimum Gasteiger partial charge on any atom is -0.493 e. The number of methoxy groups -OCH3 is 2. The van der Waals surface area contributed by atoms with Crippen LogP contribution in [0.15, 0.2) is 18.2 Å². The first-order valence-corrected chi connectivity index (χ1v) is 6.37. The lowest BCUT2D eigenvalue weighted by Crippen LogP contribution is -2.28. The molecule has 1 saturated heterocycles. The molecule has 0 aliphatic carbocycles. The lowest BCUT2D eigenvalue weighted by molar-refractivity contribution is 0.0600. The van der Waals surface area contributed by atoms with Gasteiger partial charge in [-0.1, -0.05) is 0 Å². The van der Waals surface area contributed by atoms with Gasteiger partial charge in [-0.2, -0.15) is 0 Å². The quantitative estimate of drug-likeness (QED) is 0.820. The van der Waals surface area contributed by atoms with Crippen molar-refractivity contribution < 1.29 is 19.0 Å². The van der Waals surface area contributed by atoms with Crippen molar-refractivity contribution in [1.29, 1.82) is 0 Å². The van der Waals surface area contributed by atoms with Gasteiger partial charge in [0.2, 0.25) is 0 Å². The highest BCUT2D eigenvalue weighted by molar-refractivity contribution is 5.90. The highest BCUT2D eigenvalue weighted by Gasteiger charge is 2.16. The highest BCUT2D eigenvalue weighted by Crippen LogP contribution is 2.28. The van der Waals surface area contributed by atoms with E-state index in [1.807, 2.05) is 0 Å². The summed E-state index contributed by atoms with van der Waals surface area (Å²) >= 11 is 0. The van der Waals surface area contributed by atoms with Gasteiger partial charge in [0.1, 0.15) is 6.61 Å². The molecule has 5 heteroatoms. The molecule has 0 aromatic heterocycles. The van der Waals surface area contributed by atoms with Crippen molar-refractivity contribution in [3.63, 3.8) is 0 Å². The van der Waals surface area contributed by atoms with Crippen molar-refractivity contribution in [3.05, 3.63) is 23.8 Å². The number of nitrogens with one attached hydrogen (secondary N) is 1. The number of esters is 1. The van der Waals surface area contributed by atoms with Gasteiger partial charge in [-0.05, 0) is 37.6 Å². The van der Waals surface area contributed by atoms with Gasteiger partial charge in [-0.3, -0.25) is 0 Å². The standard InChI is InChI=1S/C14H19NO4/c1-17-13-8-10(14(16)18-2)5-6-12(13)19-9-11-4-3-7-15-11/h5-6,8,11,15H,3-4,7,9H2,1-2H3. The smallest absolute Gasteiger partial charge is 0.337 e. The van der Waals surface area contributed by atoms with E-state index in [1.54, 1.807) is 25.3 Å². The van der Waals surface area contributed by atoms with Gasteiger partial charge in [0.25, 0.3) is 0 Å². The van der Waals surface area contributed by atoms with Crippen LogP contribution >= 0.6 is 0 Å². The molecular formula is C14H19NO4. The van der Waals surface area contributed by atoms with Crippen molar-refractivity contribution in [3.8, 4) is 11.5 Å². The van der Waals surface area contributed by atoms with Crippen molar-refractivity contribution in [2.45, 2.75) is 18.9 Å². The Labute approximate surface area is 112 Å². The van der Waals surface area contributed by atoms with Crippen LogP contribution in [0.1, 0.15) is 23.2 Å². The van der Waals surface area contributed by atoms with Gasteiger partial charge in [-0.15, -0.1) is 0 Å². The molecule has 0 spiro atoms. The van der Waals surface area contributed by atoms with E-state index < -0.39 is 0 Å². The van der Waals surface area contributed by atoms with Crippen LogP contribution in [-0.2, 0) is 4.74 Å². The predicted octanol–water partition coefficient (Wildman–Crippen LogP) is 1.61. The Balaban J connectivity index is 2.04. The second-order valence-corrected chi connectivity index (χ2v) is 4.46. The minimum atomic E-state index is -0.387. The summed E-state index contributed by atoms with van der Waals surface area (Å²) in [6.45, 7) is 1.65. The second-order valence-electron chi connectivity index (χ2n) is 4.46. The second kappa shape index (κ2) is 6.43. The van der Waals surface area contributed by atoms with E-state index in [9.17, 15) is 4.79 Å². The SMILES string of the molecule is COC(=O)c1ccc(OCC2CCCN2)c(OC)c1. The topological polar surface area (TPSA) is 56.8 Å². The van der Waals surface area contributed by atoms with E-state index in [2.05, 4.69) is 10.1 Å². The van der Waals surface area contributed by atoms with Crippen LogP contribution in [0.4, 0.5) is 0 Å². The third kappa shape index (κ3) is 3.38. The van der Waals surface area contributed by atoms with E-state index in [0.29, 0.717) is 29.7 Å². The number of carbonyl (C=O) groups is 1. The molecule has 1 atom stereocenters. The molecule has 1 aromatic carbocycles. The van der Waals surface area contributed by atoms with Gasteiger partial charge in [0.15, 0.2) is 11.5 Å². The zero-order chi connectivity index (χ0) is 13.7. The lowest BCUT2D eigenvalue weighted by Gasteiger charge is -2.15. The van der Waals surface area contributed by atoms with E-state index >= 15 is 0 Å². The third-order valence-corrected chi connectivity index (χ3v) is 3.19. The summed E-state index contributed by atoms with van der Waals surface area (Å²) in [5.41, 5.74) is 0.450. The van der Waals surface area contributed by atoms with Crippen molar-refractivity contribution in [1.82, 2.24) is 5.32 Å². The van der Waals surface area contributed by atoms with Crippen LogP contribution in [0.3, 0.4) is 0 Å². The first kappa shape index (κ1) is 13.7. The van der Waals surface area contributed by atoms with Gasteiger partial charge < -0.3 is 19.5 Å². The summed E-state index contributed by atoms with van der Waals surface area (Å²) < 4.78 is 15.7. The molecule has 104 valence electrons. The minimum absolute atomic E-state index is 0.387. The summed E-state index contributed by atoms with van der Waals surface area (Å²) in [7, 11) is 2.90. The van der Waals surface area contributed by atoms with E-state index in [1.165, 1.54) is 13.5 Å². The Morgan fingerprint density at radius 3 is 2.84 bits per heavy atom. The van der Waals surface area contributed by atoms with Crippen LogP contribution in [0.2, 0.25) is 0 Å². The lowest BCUT2D eigenvalue weighted by atomic mass is 10.2. The molecule has 1 aromatic rings. The van der Waals surface area contributed by atoms with E-state index in [4.69, 9.17) is 9.47 Å². The van der Waals surface area contributed by atoms with E-state index in [-0.39, 0.29) is 5.97 Å². The van der Waals surface area contributed by atoms with Crippen LogP contribution in [0, 0.1) is 0 Å². The van der Waals surface area contributed by atoms with Crippen LogP contribution < -0.4 is 14.8 Å². The number of benzene rings is 1. The monoisotopic (exact) mass is 265 g/mol. The van der Waals surface area contributed by atoms with Gasteiger partial charge in [0.05, 0.1) is 19.8 Å². The maximum Gasteiger partial charge on any atom is 0.337 e. The molecule has 2 rings (SSSR count). The van der Waals surface area contributed by atoms with Gasteiger partial charge in [0, 0.05) is 6.04 Å². The highest BCUT2D eigenvalue weighted by atomic mass is 16.5. The fraction of sp³-hybridized carbons (Fsp3) is 0.500. The average Bonchev–Trinajstić information content (AvgIpc) is 2.97. The largest absolute Gasteiger partial charge is 0.493 e. The van der Waals surface area contributed by atoms with Gasteiger partial charge in [-0.25, -0.2) is 4.79 Å². The molecule has 5 nitrogen and oxygen atoms in total. The molecule has 0 bridgehead atoms. The number of ether oxygens (including phenoxy) is 3. The van der Waals surface area contributed by atoms with Gasteiger partial charge >= 0.3 is 5.97 Å². The number of hydrogen-bond acceptors (Lipinski definition) is 5. The zero-order valence-corrected chi connectivity index (χ0v) is 11.3. The molecule has 0 amide bonds. The summed E-state index contributed by atoms with van der Waals surface area (Å²) in [4.78, 5) is 11.4. The first-order valence-electron chi connectivity index (χ1n) is 6.37. The average molecular weight is 265 g/mol. The Hall–Kier alpha value is -1.75. The first-order chi connectivity index (χ1) is 9.24. The molecule has 1 N–H and O–H groups in total. The zero-order valence-electron chi connectivity index (χ0n) is 11.3. The van der Waals surface area contributed by atoms with Crippen molar-refractivity contribution in [2.24, 2.45) is 0 Å². The summed E-state index contributed by atoms with van der Waals surface area (Å²) in [5, 5.41) is 3.36. The number of carbonyl (C=O) groups excluding carboxylic acids is 1. The molecule has 1 aliphatic rings. The molecule has 0 radical (unpaired) electrons. The fourth-order valence-electron chi connectivity index (χ4n) is 2.12. The van der Waals surface area contributed by atoms with Crippen LogP contribution in [0.25, 0.3) is 0 Å². The molecule has 1 fully saturated rings. The number of rotatable bonds is 5. The molecule has 1 aliphatic heterocycles. The predicted molar refractivity (Wildman–Crippen MR) is 70.9 cm³/mol. The van der Waals surface area contributed by atoms with Crippen molar-refractivity contribution in [2.75, 3.05) is 27.4 Å². The van der Waals surface area contributed by atoms with E-state index in [0.717, 1.165) is 13.0 Å². The third-order valence-electron chi connectivity index (χ3n) is 3.19. The Bertz CT molecular complexity index is 441. The molecule has 0 saturated carbocycles. The maximum atomic E-state index is 11.4. The Kier molecular flexibility index (Phi) is 4.63. The molecular weight excluding hydrogens is 246 g/mol. The fourth-order valence-corrected chi connectivity index (χ4v) is 2.12. The van der Waals surface area contributed by atoms with Crippen molar-refractivity contribution >= 4 is 5.97 Å². The Morgan fingerprint density at radius 2 is 2.21 bits per heavy atom. The molecule has 1 unspecified atom stereocenters. The van der Waals surface area contributed by atoms with Crippen LogP contribution in [0.5, 0.6) is 11.5 Å². The molecule has 19 heavy (non-hydrogen) atoms.